The number of amides is 3. The SMILES string of the molecule is O=C(NNC(=O)C1CC(=O)N(Cc2ccccc2)C1)c1ccccc1F. The normalized spacial score (nSPS) is 16.4. The van der Waals surface area contributed by atoms with E-state index in [1.165, 1.54) is 18.2 Å². The van der Waals surface area contributed by atoms with E-state index in [0.717, 1.165) is 11.6 Å². The topological polar surface area (TPSA) is 78.5 Å². The van der Waals surface area contributed by atoms with Crippen molar-refractivity contribution >= 4 is 17.7 Å². The molecule has 0 spiro atoms. The van der Waals surface area contributed by atoms with E-state index in [9.17, 15) is 18.8 Å². The van der Waals surface area contributed by atoms with E-state index in [-0.39, 0.29) is 24.4 Å². The van der Waals surface area contributed by atoms with Gasteiger partial charge in [-0.3, -0.25) is 25.2 Å². The predicted molar refractivity (Wildman–Crippen MR) is 92.0 cm³/mol. The lowest BCUT2D eigenvalue weighted by molar-refractivity contribution is -0.129. The molecule has 1 heterocycles. The maximum atomic E-state index is 13.6. The fourth-order valence-electron chi connectivity index (χ4n) is 2.84. The molecule has 2 N–H and O–H groups in total. The van der Waals surface area contributed by atoms with E-state index in [4.69, 9.17) is 0 Å². The number of likely N-dealkylation sites (tertiary alicyclic amines) is 1. The highest BCUT2D eigenvalue weighted by Gasteiger charge is 2.34. The van der Waals surface area contributed by atoms with Crippen LogP contribution in [0.3, 0.4) is 0 Å². The molecule has 1 unspecified atom stereocenters. The van der Waals surface area contributed by atoms with Crippen molar-refractivity contribution in [3.63, 3.8) is 0 Å². The fourth-order valence-corrected chi connectivity index (χ4v) is 2.84. The number of benzene rings is 2. The molecule has 0 aliphatic carbocycles. The average Bonchev–Trinajstić information content (AvgIpc) is 3.01. The Morgan fingerprint density at radius 1 is 1.04 bits per heavy atom. The lowest BCUT2D eigenvalue weighted by Gasteiger charge is -2.16. The van der Waals surface area contributed by atoms with Crippen molar-refractivity contribution in [3.8, 4) is 0 Å². The van der Waals surface area contributed by atoms with Crippen LogP contribution >= 0.6 is 0 Å². The fraction of sp³-hybridized carbons (Fsp3) is 0.211. The molecule has 3 amide bonds. The maximum Gasteiger partial charge on any atom is 0.272 e. The maximum absolute atomic E-state index is 13.6. The summed E-state index contributed by atoms with van der Waals surface area (Å²) in [5.41, 5.74) is 5.27. The molecular weight excluding hydrogens is 337 g/mol. The van der Waals surface area contributed by atoms with Crippen molar-refractivity contribution in [2.45, 2.75) is 13.0 Å². The summed E-state index contributed by atoms with van der Waals surface area (Å²) in [4.78, 5) is 37.8. The third-order valence-electron chi connectivity index (χ3n) is 4.22. The molecule has 0 radical (unpaired) electrons. The van der Waals surface area contributed by atoms with Gasteiger partial charge < -0.3 is 4.90 Å². The van der Waals surface area contributed by atoms with Crippen LogP contribution in [0.2, 0.25) is 0 Å². The zero-order valence-electron chi connectivity index (χ0n) is 13.9. The number of hydrogen-bond acceptors (Lipinski definition) is 3. The lowest BCUT2D eigenvalue weighted by Crippen LogP contribution is -2.45. The van der Waals surface area contributed by atoms with Crippen LogP contribution in [0.1, 0.15) is 22.3 Å². The number of rotatable bonds is 4. The first kappa shape index (κ1) is 17.6. The highest BCUT2D eigenvalue weighted by molar-refractivity contribution is 5.96. The second kappa shape index (κ2) is 7.77. The molecule has 7 heteroatoms. The van der Waals surface area contributed by atoms with Crippen molar-refractivity contribution < 1.29 is 18.8 Å². The first-order valence-corrected chi connectivity index (χ1v) is 8.21. The van der Waals surface area contributed by atoms with Crippen molar-refractivity contribution in [2.75, 3.05) is 6.54 Å². The largest absolute Gasteiger partial charge is 0.338 e. The summed E-state index contributed by atoms with van der Waals surface area (Å²) >= 11 is 0. The van der Waals surface area contributed by atoms with Crippen LogP contribution in [0.4, 0.5) is 4.39 Å². The van der Waals surface area contributed by atoms with Gasteiger partial charge in [-0.2, -0.15) is 0 Å². The van der Waals surface area contributed by atoms with Crippen LogP contribution in [0.15, 0.2) is 54.6 Å². The molecule has 6 nitrogen and oxygen atoms in total. The zero-order valence-corrected chi connectivity index (χ0v) is 13.9. The number of nitrogens with one attached hydrogen (secondary N) is 2. The molecule has 1 atom stereocenters. The van der Waals surface area contributed by atoms with Crippen LogP contribution in [0.5, 0.6) is 0 Å². The molecule has 0 aromatic heterocycles. The molecule has 26 heavy (non-hydrogen) atoms. The smallest absolute Gasteiger partial charge is 0.272 e. The molecular formula is C19H18FN3O3. The molecule has 2 aromatic carbocycles. The number of hydrazine groups is 1. The van der Waals surface area contributed by atoms with Gasteiger partial charge in [-0.15, -0.1) is 0 Å². The Labute approximate surface area is 150 Å². The van der Waals surface area contributed by atoms with E-state index < -0.39 is 23.5 Å². The zero-order chi connectivity index (χ0) is 18.5. The second-order valence-corrected chi connectivity index (χ2v) is 6.08. The molecule has 0 saturated carbocycles. The highest BCUT2D eigenvalue weighted by atomic mass is 19.1. The van der Waals surface area contributed by atoms with Gasteiger partial charge in [0, 0.05) is 19.5 Å². The van der Waals surface area contributed by atoms with Crippen LogP contribution in [-0.4, -0.2) is 29.2 Å². The van der Waals surface area contributed by atoms with Crippen molar-refractivity contribution in [3.05, 3.63) is 71.5 Å². The molecule has 1 aliphatic heterocycles. The molecule has 2 aromatic rings. The van der Waals surface area contributed by atoms with Crippen LogP contribution in [-0.2, 0) is 16.1 Å². The quantitative estimate of drug-likeness (QED) is 0.819. The summed E-state index contributed by atoms with van der Waals surface area (Å²) in [6.07, 6.45) is 0.0776. The van der Waals surface area contributed by atoms with Gasteiger partial charge in [-0.05, 0) is 17.7 Å². The summed E-state index contributed by atoms with van der Waals surface area (Å²) in [6.45, 7) is 0.709. The molecule has 3 rings (SSSR count). The number of halogens is 1. The Balaban J connectivity index is 1.53. The minimum Gasteiger partial charge on any atom is -0.338 e. The highest BCUT2D eigenvalue weighted by Crippen LogP contribution is 2.20. The van der Waals surface area contributed by atoms with Gasteiger partial charge in [-0.25, -0.2) is 4.39 Å². The molecule has 1 fully saturated rings. The molecule has 1 aliphatic rings. The summed E-state index contributed by atoms with van der Waals surface area (Å²) in [5, 5.41) is 0. The minimum absolute atomic E-state index is 0.0776. The van der Waals surface area contributed by atoms with Crippen LogP contribution in [0, 0.1) is 11.7 Å². The van der Waals surface area contributed by atoms with Gasteiger partial charge in [0.15, 0.2) is 0 Å². The Bertz CT molecular complexity index is 826. The van der Waals surface area contributed by atoms with Gasteiger partial charge in [0.05, 0.1) is 11.5 Å². The van der Waals surface area contributed by atoms with Crippen molar-refractivity contribution in [1.82, 2.24) is 15.8 Å². The van der Waals surface area contributed by atoms with E-state index in [1.54, 1.807) is 4.90 Å². The summed E-state index contributed by atoms with van der Waals surface area (Å²) in [7, 11) is 0. The van der Waals surface area contributed by atoms with Gasteiger partial charge in [0.25, 0.3) is 5.91 Å². The monoisotopic (exact) mass is 355 g/mol. The van der Waals surface area contributed by atoms with Gasteiger partial charge >= 0.3 is 0 Å². The van der Waals surface area contributed by atoms with Gasteiger partial charge in [0.1, 0.15) is 5.82 Å². The molecule has 0 bridgehead atoms. The van der Waals surface area contributed by atoms with Crippen molar-refractivity contribution in [2.24, 2.45) is 5.92 Å². The number of nitrogens with zero attached hydrogens (tertiary/aromatic N) is 1. The lowest BCUT2D eigenvalue weighted by atomic mass is 10.1. The first-order chi connectivity index (χ1) is 12.5. The third kappa shape index (κ3) is 4.05. The van der Waals surface area contributed by atoms with Crippen LogP contribution < -0.4 is 10.9 Å². The van der Waals surface area contributed by atoms with E-state index in [1.807, 2.05) is 30.3 Å². The van der Waals surface area contributed by atoms with Gasteiger partial charge in [-0.1, -0.05) is 42.5 Å². The van der Waals surface area contributed by atoms with Crippen LogP contribution in [0.25, 0.3) is 0 Å². The first-order valence-electron chi connectivity index (χ1n) is 8.21. The number of carbonyl (C=O) groups excluding carboxylic acids is 3. The predicted octanol–water partition coefficient (Wildman–Crippen LogP) is 1.64. The summed E-state index contributed by atoms with van der Waals surface area (Å²) in [5.74, 6) is -2.58. The minimum atomic E-state index is -0.748. The van der Waals surface area contributed by atoms with Crippen molar-refractivity contribution in [1.29, 1.82) is 0 Å². The third-order valence-corrected chi connectivity index (χ3v) is 4.22. The molecule has 1 saturated heterocycles. The summed E-state index contributed by atoms with van der Waals surface area (Å²) < 4.78 is 13.6. The Kier molecular flexibility index (Phi) is 5.26. The standard InChI is InChI=1S/C19H18FN3O3/c20-16-9-5-4-8-15(16)19(26)22-21-18(25)14-10-17(24)23(12-14)11-13-6-2-1-3-7-13/h1-9,14H,10-12H2,(H,21,25)(H,22,26). The van der Waals surface area contributed by atoms with E-state index in [0.29, 0.717) is 6.54 Å². The second-order valence-electron chi connectivity index (χ2n) is 6.08. The van der Waals surface area contributed by atoms with Gasteiger partial charge in [0.2, 0.25) is 11.8 Å². The molecule has 134 valence electrons. The Morgan fingerprint density at radius 2 is 1.73 bits per heavy atom. The summed E-state index contributed by atoms with van der Waals surface area (Å²) in [6, 6.07) is 15.0. The Morgan fingerprint density at radius 3 is 2.46 bits per heavy atom. The number of hydrogen-bond donors (Lipinski definition) is 2. The Hall–Kier alpha value is -3.22. The van der Waals surface area contributed by atoms with E-state index >= 15 is 0 Å². The number of carbonyl (C=O) groups is 3. The van der Waals surface area contributed by atoms with E-state index in [2.05, 4.69) is 10.9 Å². The average molecular weight is 355 g/mol.